The number of amides is 1. The van der Waals surface area contributed by atoms with Gasteiger partial charge in [0.15, 0.2) is 0 Å². The lowest BCUT2D eigenvalue weighted by Crippen LogP contribution is -2.29. The molecule has 1 aliphatic rings. The summed E-state index contributed by atoms with van der Waals surface area (Å²) in [4.78, 5) is 38.3. The molecule has 1 aliphatic heterocycles. The van der Waals surface area contributed by atoms with Gasteiger partial charge in [-0.2, -0.15) is 0 Å². The SMILES string of the molecule is CN(C)c1ccc2c(c1)Sc1cc(N(C)C)ccc1N2C(=O)CCCC(=O)On1c(O)ccc1O. The van der Waals surface area contributed by atoms with Crippen LogP contribution in [-0.4, -0.2) is 55.0 Å². The fourth-order valence-electron chi connectivity index (χ4n) is 3.75. The van der Waals surface area contributed by atoms with E-state index in [1.165, 1.54) is 12.1 Å². The molecule has 0 spiro atoms. The lowest BCUT2D eigenvalue weighted by Gasteiger charge is -2.32. The fourth-order valence-corrected chi connectivity index (χ4v) is 4.87. The van der Waals surface area contributed by atoms with Crippen molar-refractivity contribution >= 4 is 46.4 Å². The van der Waals surface area contributed by atoms with Gasteiger partial charge in [0.05, 0.1) is 11.4 Å². The van der Waals surface area contributed by atoms with Crippen LogP contribution in [-0.2, 0) is 9.59 Å². The molecule has 10 heteroatoms. The molecule has 0 saturated carbocycles. The van der Waals surface area contributed by atoms with Crippen LogP contribution in [0.4, 0.5) is 22.7 Å². The Kier molecular flexibility index (Phi) is 6.83. The van der Waals surface area contributed by atoms with Crippen LogP contribution < -0.4 is 19.5 Å². The van der Waals surface area contributed by atoms with E-state index < -0.39 is 5.97 Å². The summed E-state index contributed by atoms with van der Waals surface area (Å²) in [6.07, 6.45) is 0.317. The van der Waals surface area contributed by atoms with Gasteiger partial charge in [0.2, 0.25) is 17.7 Å². The molecule has 0 fully saturated rings. The second-order valence-corrected chi connectivity index (χ2v) is 9.67. The Morgan fingerprint density at radius 3 is 1.83 bits per heavy atom. The van der Waals surface area contributed by atoms with Crippen LogP contribution in [0.5, 0.6) is 11.8 Å². The van der Waals surface area contributed by atoms with Crippen molar-refractivity contribution in [1.82, 2.24) is 4.73 Å². The third-order valence-electron chi connectivity index (χ3n) is 5.63. The molecular weight excluding hydrogens is 468 g/mol. The molecule has 0 bridgehead atoms. The molecule has 35 heavy (non-hydrogen) atoms. The maximum absolute atomic E-state index is 13.4. The zero-order valence-electron chi connectivity index (χ0n) is 20.1. The molecule has 2 aromatic carbocycles. The van der Waals surface area contributed by atoms with Crippen molar-refractivity contribution in [1.29, 1.82) is 0 Å². The third kappa shape index (κ3) is 5.02. The summed E-state index contributed by atoms with van der Waals surface area (Å²) < 4.78 is 0.642. The number of anilines is 4. The minimum Gasteiger partial charge on any atom is -0.492 e. The lowest BCUT2D eigenvalue weighted by atomic mass is 10.1. The van der Waals surface area contributed by atoms with Gasteiger partial charge in [-0.05, 0) is 42.8 Å². The molecule has 0 saturated heterocycles. The average molecular weight is 497 g/mol. The molecular formula is C25H28N4O5S. The van der Waals surface area contributed by atoms with Crippen molar-refractivity contribution < 1.29 is 24.6 Å². The number of benzene rings is 2. The van der Waals surface area contributed by atoms with Gasteiger partial charge >= 0.3 is 5.97 Å². The van der Waals surface area contributed by atoms with Crippen LogP contribution in [0.2, 0.25) is 0 Å². The largest absolute Gasteiger partial charge is 0.492 e. The van der Waals surface area contributed by atoms with Gasteiger partial charge in [0.1, 0.15) is 0 Å². The van der Waals surface area contributed by atoms with Crippen molar-refractivity contribution in [3.05, 3.63) is 48.5 Å². The number of rotatable bonds is 7. The Hall–Kier alpha value is -3.79. The van der Waals surface area contributed by atoms with Gasteiger partial charge in [0.25, 0.3) is 0 Å². The highest BCUT2D eigenvalue weighted by atomic mass is 32.2. The number of carbonyl (C=O) groups is 2. The van der Waals surface area contributed by atoms with E-state index in [9.17, 15) is 19.8 Å². The molecule has 2 N–H and O–H groups in total. The fraction of sp³-hybridized carbons (Fsp3) is 0.280. The van der Waals surface area contributed by atoms with Crippen molar-refractivity contribution in [2.75, 3.05) is 42.9 Å². The lowest BCUT2D eigenvalue weighted by molar-refractivity contribution is -0.145. The first-order valence-corrected chi connectivity index (χ1v) is 11.9. The zero-order valence-corrected chi connectivity index (χ0v) is 20.9. The highest BCUT2D eigenvalue weighted by molar-refractivity contribution is 7.99. The predicted octanol–water partition coefficient (Wildman–Crippen LogP) is 3.99. The Balaban J connectivity index is 1.54. The summed E-state index contributed by atoms with van der Waals surface area (Å²) in [5.41, 5.74) is 3.69. The highest BCUT2D eigenvalue weighted by Crippen LogP contribution is 2.50. The van der Waals surface area contributed by atoms with Crippen LogP contribution in [0.3, 0.4) is 0 Å². The number of hydrogen-bond acceptors (Lipinski definition) is 8. The van der Waals surface area contributed by atoms with Gasteiger partial charge in [-0.15, -0.1) is 4.73 Å². The number of hydrogen-bond donors (Lipinski definition) is 2. The van der Waals surface area contributed by atoms with E-state index in [-0.39, 0.29) is 36.9 Å². The van der Waals surface area contributed by atoms with Gasteiger partial charge < -0.3 is 24.9 Å². The molecule has 3 aromatic rings. The summed E-state index contributed by atoms with van der Waals surface area (Å²) in [5.74, 6) is -1.58. The monoisotopic (exact) mass is 496 g/mol. The first-order chi connectivity index (χ1) is 16.7. The highest BCUT2D eigenvalue weighted by Gasteiger charge is 2.29. The molecule has 2 heterocycles. The number of fused-ring (bicyclic) bond motifs is 2. The standard InChI is InChI=1S/C25H28N4O5S/c1-26(2)16-8-10-18-20(14-16)35-21-15-17(27(3)4)9-11-19(21)28(18)22(30)6-5-7-25(33)34-29-23(31)12-13-24(29)32/h8-15,31-32H,5-7H2,1-4H3. The number of carbonyl (C=O) groups excluding carboxylic acids is 2. The minimum atomic E-state index is -0.666. The normalized spacial score (nSPS) is 12.1. The number of aromatic hydroxyl groups is 2. The first kappa shape index (κ1) is 24.3. The van der Waals surface area contributed by atoms with E-state index in [0.717, 1.165) is 32.5 Å². The molecule has 1 amide bonds. The van der Waals surface area contributed by atoms with Crippen molar-refractivity contribution in [2.24, 2.45) is 0 Å². The van der Waals surface area contributed by atoms with Gasteiger partial charge in [-0.1, -0.05) is 11.8 Å². The smallest absolute Gasteiger partial charge is 0.333 e. The third-order valence-corrected chi connectivity index (χ3v) is 6.73. The van der Waals surface area contributed by atoms with E-state index in [2.05, 4.69) is 12.1 Å². The van der Waals surface area contributed by atoms with Crippen molar-refractivity contribution in [2.45, 2.75) is 29.1 Å². The average Bonchev–Trinajstić information content (AvgIpc) is 3.13. The topological polar surface area (TPSA) is 98.5 Å². The van der Waals surface area contributed by atoms with Gasteiger partial charge in [-0.3, -0.25) is 9.69 Å². The Bertz CT molecular complexity index is 1190. The summed E-state index contributed by atoms with van der Waals surface area (Å²) >= 11 is 1.63. The maximum atomic E-state index is 13.4. The Labute approximate surface area is 208 Å². The quantitative estimate of drug-likeness (QED) is 0.507. The van der Waals surface area contributed by atoms with Crippen LogP contribution in [0.15, 0.2) is 58.3 Å². The molecule has 0 unspecified atom stereocenters. The van der Waals surface area contributed by atoms with Gasteiger partial charge in [-0.25, -0.2) is 4.79 Å². The zero-order chi connectivity index (χ0) is 25.3. The van der Waals surface area contributed by atoms with Crippen molar-refractivity contribution in [3.8, 4) is 11.8 Å². The number of aromatic nitrogens is 1. The second kappa shape index (κ2) is 9.83. The van der Waals surface area contributed by atoms with Crippen LogP contribution in [0.1, 0.15) is 19.3 Å². The summed E-state index contributed by atoms with van der Waals surface area (Å²) in [6.45, 7) is 0. The van der Waals surface area contributed by atoms with E-state index >= 15 is 0 Å². The van der Waals surface area contributed by atoms with E-state index in [1.807, 2.05) is 62.3 Å². The van der Waals surface area contributed by atoms with Crippen LogP contribution in [0, 0.1) is 0 Å². The molecule has 0 atom stereocenters. The molecule has 0 radical (unpaired) electrons. The van der Waals surface area contributed by atoms with Crippen LogP contribution in [0.25, 0.3) is 0 Å². The van der Waals surface area contributed by atoms with Crippen LogP contribution >= 0.6 is 11.8 Å². The molecule has 9 nitrogen and oxygen atoms in total. The first-order valence-electron chi connectivity index (χ1n) is 11.1. The van der Waals surface area contributed by atoms with E-state index in [0.29, 0.717) is 4.73 Å². The second-order valence-electron chi connectivity index (χ2n) is 8.59. The van der Waals surface area contributed by atoms with E-state index in [4.69, 9.17) is 4.84 Å². The Morgan fingerprint density at radius 1 is 0.829 bits per heavy atom. The molecule has 184 valence electrons. The van der Waals surface area contributed by atoms with Crippen molar-refractivity contribution in [3.63, 3.8) is 0 Å². The van der Waals surface area contributed by atoms with E-state index in [1.54, 1.807) is 16.7 Å². The predicted molar refractivity (Wildman–Crippen MR) is 136 cm³/mol. The summed E-state index contributed by atoms with van der Waals surface area (Å²) in [5, 5.41) is 19.2. The Morgan fingerprint density at radius 2 is 1.34 bits per heavy atom. The summed E-state index contributed by atoms with van der Waals surface area (Å²) in [7, 11) is 7.90. The number of nitrogens with zero attached hydrogens (tertiary/aromatic N) is 4. The molecule has 0 aliphatic carbocycles. The molecule has 4 rings (SSSR count). The maximum Gasteiger partial charge on any atom is 0.333 e. The molecule has 1 aromatic heterocycles. The summed E-state index contributed by atoms with van der Waals surface area (Å²) in [6, 6.07) is 14.4. The minimum absolute atomic E-state index is 0.0514. The van der Waals surface area contributed by atoms with Gasteiger partial charge in [0, 0.05) is 74.3 Å².